The summed E-state index contributed by atoms with van der Waals surface area (Å²) in [5, 5.41) is 14.2. The summed E-state index contributed by atoms with van der Waals surface area (Å²) in [6, 6.07) is 8.26. The lowest BCUT2D eigenvalue weighted by Crippen LogP contribution is -2.47. The maximum Gasteiger partial charge on any atom is 0.156 e. The van der Waals surface area contributed by atoms with Crippen LogP contribution in [0.4, 0.5) is 5.82 Å². The third-order valence-corrected chi connectivity index (χ3v) is 4.64. The van der Waals surface area contributed by atoms with Gasteiger partial charge in [0.2, 0.25) is 0 Å². The minimum atomic E-state index is 0.263. The van der Waals surface area contributed by atoms with E-state index < -0.39 is 0 Å². The van der Waals surface area contributed by atoms with E-state index in [0.29, 0.717) is 0 Å². The van der Waals surface area contributed by atoms with Crippen molar-refractivity contribution in [1.82, 2.24) is 15.1 Å². The average molecular weight is 270 g/mol. The Morgan fingerprint density at radius 1 is 1.20 bits per heavy atom. The molecule has 1 heterocycles. The predicted molar refractivity (Wildman–Crippen MR) is 82.9 cm³/mol. The molecule has 1 aromatic heterocycles. The summed E-state index contributed by atoms with van der Waals surface area (Å²) >= 11 is 0. The summed E-state index contributed by atoms with van der Waals surface area (Å²) in [4.78, 5) is 2.37. The van der Waals surface area contributed by atoms with Gasteiger partial charge in [-0.05, 0) is 26.9 Å². The average Bonchev–Trinajstić information content (AvgIpc) is 2.95. The van der Waals surface area contributed by atoms with E-state index in [2.05, 4.69) is 46.6 Å². The lowest BCUT2D eigenvalue weighted by molar-refractivity contribution is 0.172. The fraction of sp³-hybridized carbons (Fsp3) is 0.500. The highest BCUT2D eigenvalue weighted by atomic mass is 15.2. The monoisotopic (exact) mass is 270 g/mol. The van der Waals surface area contributed by atoms with Gasteiger partial charge in [-0.25, -0.2) is 0 Å². The highest BCUT2D eigenvalue weighted by molar-refractivity contribution is 5.90. The van der Waals surface area contributed by atoms with Gasteiger partial charge in [0.05, 0.1) is 6.20 Å². The first-order chi connectivity index (χ1) is 9.71. The number of nitrogens with zero attached hydrogens (tertiary/aromatic N) is 3. The topological polar surface area (TPSA) is 41.0 Å². The maximum atomic E-state index is 4.28. The molecule has 0 atom stereocenters. The van der Waals surface area contributed by atoms with E-state index in [1.165, 1.54) is 25.7 Å². The molecule has 0 unspecified atom stereocenters. The van der Waals surface area contributed by atoms with Gasteiger partial charge >= 0.3 is 0 Å². The van der Waals surface area contributed by atoms with E-state index in [0.717, 1.165) is 23.1 Å². The van der Waals surface area contributed by atoms with Crippen molar-refractivity contribution in [3.8, 4) is 0 Å². The smallest absolute Gasteiger partial charge is 0.156 e. The Balaban J connectivity index is 1.83. The van der Waals surface area contributed by atoms with Crippen LogP contribution in [0.1, 0.15) is 25.7 Å². The Bertz CT molecular complexity index is 583. The van der Waals surface area contributed by atoms with Gasteiger partial charge in [-0.3, -0.25) is 0 Å². The van der Waals surface area contributed by atoms with Gasteiger partial charge in [-0.2, -0.15) is 5.10 Å². The van der Waals surface area contributed by atoms with E-state index >= 15 is 0 Å². The van der Waals surface area contributed by atoms with Crippen molar-refractivity contribution in [2.45, 2.75) is 31.2 Å². The van der Waals surface area contributed by atoms with Gasteiger partial charge in [0.25, 0.3) is 0 Å². The SMILES string of the molecule is CN(C)C1(CNc2nncc3ccccc23)CCCC1. The van der Waals surface area contributed by atoms with Gasteiger partial charge < -0.3 is 10.2 Å². The first-order valence-electron chi connectivity index (χ1n) is 7.33. The maximum absolute atomic E-state index is 4.28. The van der Waals surface area contributed by atoms with Gasteiger partial charge in [-0.15, -0.1) is 5.10 Å². The second kappa shape index (κ2) is 5.37. The molecule has 20 heavy (non-hydrogen) atoms. The lowest BCUT2D eigenvalue weighted by atomic mass is 9.96. The Morgan fingerprint density at radius 3 is 2.70 bits per heavy atom. The van der Waals surface area contributed by atoms with Crippen molar-refractivity contribution in [2.75, 3.05) is 26.0 Å². The van der Waals surface area contributed by atoms with Crippen LogP contribution in [0.5, 0.6) is 0 Å². The molecule has 3 rings (SSSR count). The molecule has 0 bridgehead atoms. The van der Waals surface area contributed by atoms with Crippen molar-refractivity contribution in [3.05, 3.63) is 30.5 Å². The molecule has 0 saturated heterocycles. The molecule has 1 aromatic carbocycles. The van der Waals surface area contributed by atoms with Crippen LogP contribution in [0.3, 0.4) is 0 Å². The van der Waals surface area contributed by atoms with E-state index in [4.69, 9.17) is 0 Å². The van der Waals surface area contributed by atoms with Crippen LogP contribution < -0.4 is 5.32 Å². The summed E-state index contributed by atoms with van der Waals surface area (Å²) in [6.45, 7) is 0.933. The molecule has 1 fully saturated rings. The lowest BCUT2D eigenvalue weighted by Gasteiger charge is -2.36. The standard InChI is InChI=1S/C16H22N4/c1-20(2)16(9-5-6-10-16)12-17-15-14-8-4-3-7-13(14)11-18-19-15/h3-4,7-8,11H,5-6,9-10,12H2,1-2H3,(H,17,19). The van der Waals surface area contributed by atoms with Gasteiger partial charge in [-0.1, -0.05) is 37.1 Å². The number of hydrogen-bond donors (Lipinski definition) is 1. The quantitative estimate of drug-likeness (QED) is 0.927. The molecule has 0 amide bonds. The number of likely N-dealkylation sites (N-methyl/N-ethyl adjacent to an activating group) is 1. The third-order valence-electron chi connectivity index (χ3n) is 4.64. The van der Waals surface area contributed by atoms with Gasteiger partial charge in [0, 0.05) is 22.9 Å². The second-order valence-corrected chi connectivity index (χ2v) is 5.96. The molecular weight excluding hydrogens is 248 g/mol. The minimum absolute atomic E-state index is 0.263. The normalized spacial score (nSPS) is 17.8. The van der Waals surface area contributed by atoms with Crippen LogP contribution in [0.25, 0.3) is 10.8 Å². The Labute approximate surface area is 120 Å². The molecular formula is C16H22N4. The molecule has 1 N–H and O–H groups in total. The van der Waals surface area contributed by atoms with Crippen molar-refractivity contribution < 1.29 is 0 Å². The van der Waals surface area contributed by atoms with Crippen LogP contribution in [0.2, 0.25) is 0 Å². The molecule has 4 heteroatoms. The number of nitrogens with one attached hydrogen (secondary N) is 1. The highest BCUT2D eigenvalue weighted by Gasteiger charge is 2.35. The third kappa shape index (κ3) is 2.36. The number of aromatic nitrogens is 2. The fourth-order valence-corrected chi connectivity index (χ4v) is 3.22. The zero-order valence-corrected chi connectivity index (χ0v) is 12.3. The second-order valence-electron chi connectivity index (χ2n) is 5.96. The largest absolute Gasteiger partial charge is 0.366 e. The van der Waals surface area contributed by atoms with Crippen molar-refractivity contribution in [1.29, 1.82) is 0 Å². The molecule has 1 saturated carbocycles. The van der Waals surface area contributed by atoms with Gasteiger partial charge in [0.1, 0.15) is 0 Å². The first-order valence-corrected chi connectivity index (χ1v) is 7.33. The van der Waals surface area contributed by atoms with Crippen LogP contribution in [0.15, 0.2) is 30.5 Å². The summed E-state index contributed by atoms with van der Waals surface area (Å²) in [7, 11) is 4.36. The Morgan fingerprint density at radius 2 is 1.95 bits per heavy atom. The Kier molecular flexibility index (Phi) is 3.57. The van der Waals surface area contributed by atoms with E-state index in [9.17, 15) is 0 Å². The fourth-order valence-electron chi connectivity index (χ4n) is 3.22. The van der Waals surface area contributed by atoms with Crippen LogP contribution in [0, 0.1) is 0 Å². The zero-order valence-electron chi connectivity index (χ0n) is 12.3. The van der Waals surface area contributed by atoms with E-state index in [1.54, 1.807) is 0 Å². The number of hydrogen-bond acceptors (Lipinski definition) is 4. The molecule has 106 valence electrons. The molecule has 0 spiro atoms. The molecule has 0 radical (unpaired) electrons. The van der Waals surface area contributed by atoms with Crippen LogP contribution in [-0.4, -0.2) is 41.3 Å². The van der Waals surface area contributed by atoms with Crippen molar-refractivity contribution >= 4 is 16.6 Å². The molecule has 1 aliphatic rings. The molecule has 1 aliphatic carbocycles. The predicted octanol–water partition coefficient (Wildman–Crippen LogP) is 2.92. The summed E-state index contributed by atoms with van der Waals surface area (Å²) in [6.07, 6.45) is 6.97. The first kappa shape index (κ1) is 13.3. The summed E-state index contributed by atoms with van der Waals surface area (Å²) in [5.41, 5.74) is 0.263. The van der Waals surface area contributed by atoms with E-state index in [1.807, 2.05) is 18.3 Å². The number of anilines is 1. The molecule has 4 nitrogen and oxygen atoms in total. The highest BCUT2D eigenvalue weighted by Crippen LogP contribution is 2.34. The zero-order chi connectivity index (χ0) is 14.0. The number of benzene rings is 1. The van der Waals surface area contributed by atoms with Crippen LogP contribution >= 0.6 is 0 Å². The van der Waals surface area contributed by atoms with Gasteiger partial charge in [0.15, 0.2) is 5.82 Å². The summed E-state index contributed by atoms with van der Waals surface area (Å²) in [5.74, 6) is 0.899. The van der Waals surface area contributed by atoms with Crippen LogP contribution in [-0.2, 0) is 0 Å². The number of rotatable bonds is 4. The van der Waals surface area contributed by atoms with Crippen molar-refractivity contribution in [3.63, 3.8) is 0 Å². The van der Waals surface area contributed by atoms with Crippen molar-refractivity contribution in [2.24, 2.45) is 0 Å². The minimum Gasteiger partial charge on any atom is -0.366 e. The Hall–Kier alpha value is -1.68. The van der Waals surface area contributed by atoms with E-state index in [-0.39, 0.29) is 5.54 Å². The molecule has 2 aromatic rings. The summed E-state index contributed by atoms with van der Waals surface area (Å²) < 4.78 is 0. The number of fused-ring (bicyclic) bond motifs is 1. The molecule has 0 aliphatic heterocycles.